The van der Waals surface area contributed by atoms with Crippen molar-refractivity contribution in [3.63, 3.8) is 0 Å². The maximum Gasteiger partial charge on any atom is 0.244 e. The molecular formula is C14H22N2O3S. The first-order valence-corrected chi connectivity index (χ1v) is 8.32. The number of benzene rings is 1. The summed E-state index contributed by atoms with van der Waals surface area (Å²) in [7, 11) is -2.09. The molecule has 2 rings (SSSR count). The number of ether oxygens (including phenoxy) is 1. The highest BCUT2D eigenvalue weighted by Crippen LogP contribution is 2.25. The Bertz CT molecular complexity index is 572. The van der Waals surface area contributed by atoms with E-state index in [0.29, 0.717) is 5.75 Å². The molecule has 1 aliphatic heterocycles. The normalized spacial score (nSPS) is 23.6. The molecule has 0 saturated carbocycles. The van der Waals surface area contributed by atoms with Crippen molar-refractivity contribution in [2.75, 3.05) is 13.7 Å². The van der Waals surface area contributed by atoms with Crippen LogP contribution in [0.15, 0.2) is 23.1 Å². The van der Waals surface area contributed by atoms with Crippen LogP contribution in [-0.4, -0.2) is 34.2 Å². The van der Waals surface area contributed by atoms with Crippen LogP contribution in [0.4, 0.5) is 0 Å². The molecule has 2 N–H and O–H groups in total. The molecule has 0 spiro atoms. The molecule has 0 aliphatic carbocycles. The second kappa shape index (κ2) is 6.11. The summed E-state index contributed by atoms with van der Waals surface area (Å²) in [6, 6.07) is 5.21. The van der Waals surface area contributed by atoms with Crippen LogP contribution in [0.1, 0.15) is 25.3 Å². The molecule has 1 aromatic rings. The fourth-order valence-electron chi connectivity index (χ4n) is 2.46. The molecule has 112 valence electrons. The highest BCUT2D eigenvalue weighted by atomic mass is 32.2. The number of hydrogen-bond donors (Lipinski definition) is 2. The van der Waals surface area contributed by atoms with Crippen LogP contribution in [0, 0.1) is 6.92 Å². The van der Waals surface area contributed by atoms with Crippen molar-refractivity contribution < 1.29 is 13.2 Å². The SMILES string of the molecule is COc1ccc(C)cc1S(=O)(=O)NC1CCCNC1C. The Morgan fingerprint density at radius 1 is 1.40 bits per heavy atom. The molecule has 6 heteroatoms. The first-order chi connectivity index (χ1) is 9.44. The minimum Gasteiger partial charge on any atom is -0.495 e. The van der Waals surface area contributed by atoms with Crippen molar-refractivity contribution in [3.05, 3.63) is 23.8 Å². The lowest BCUT2D eigenvalue weighted by Crippen LogP contribution is -2.51. The first kappa shape index (κ1) is 15.3. The van der Waals surface area contributed by atoms with Crippen LogP contribution in [0.3, 0.4) is 0 Å². The largest absolute Gasteiger partial charge is 0.495 e. The lowest BCUT2D eigenvalue weighted by atomic mass is 10.0. The second-order valence-electron chi connectivity index (χ2n) is 5.27. The molecule has 0 aromatic heterocycles. The Labute approximate surface area is 120 Å². The van der Waals surface area contributed by atoms with Crippen LogP contribution < -0.4 is 14.8 Å². The van der Waals surface area contributed by atoms with Gasteiger partial charge in [0.15, 0.2) is 0 Å². The molecule has 0 radical (unpaired) electrons. The van der Waals surface area contributed by atoms with Crippen molar-refractivity contribution in [1.82, 2.24) is 10.0 Å². The molecule has 0 amide bonds. The summed E-state index contributed by atoms with van der Waals surface area (Å²) in [6.45, 7) is 4.80. The van der Waals surface area contributed by atoms with Crippen molar-refractivity contribution in [3.8, 4) is 5.75 Å². The zero-order valence-electron chi connectivity index (χ0n) is 12.1. The van der Waals surface area contributed by atoms with E-state index in [1.54, 1.807) is 12.1 Å². The third kappa shape index (κ3) is 3.31. The van der Waals surface area contributed by atoms with Gasteiger partial charge in [0.2, 0.25) is 10.0 Å². The van der Waals surface area contributed by atoms with Gasteiger partial charge >= 0.3 is 0 Å². The quantitative estimate of drug-likeness (QED) is 0.882. The fraction of sp³-hybridized carbons (Fsp3) is 0.571. The van der Waals surface area contributed by atoms with E-state index in [2.05, 4.69) is 10.0 Å². The van der Waals surface area contributed by atoms with Crippen LogP contribution in [0.2, 0.25) is 0 Å². The van der Waals surface area contributed by atoms with E-state index < -0.39 is 10.0 Å². The molecule has 1 heterocycles. The molecule has 2 unspecified atom stereocenters. The van der Waals surface area contributed by atoms with Crippen molar-refractivity contribution in [2.24, 2.45) is 0 Å². The van der Waals surface area contributed by atoms with Crippen LogP contribution >= 0.6 is 0 Å². The molecule has 1 aliphatic rings. The predicted octanol–water partition coefficient (Wildman–Crippen LogP) is 1.42. The zero-order chi connectivity index (χ0) is 14.8. The summed E-state index contributed by atoms with van der Waals surface area (Å²) in [4.78, 5) is 0.206. The number of piperidine rings is 1. The summed E-state index contributed by atoms with van der Waals surface area (Å²) >= 11 is 0. The molecule has 1 aromatic carbocycles. The fourth-order valence-corrected chi connectivity index (χ4v) is 4.07. The van der Waals surface area contributed by atoms with Gasteiger partial charge in [-0.2, -0.15) is 0 Å². The Balaban J connectivity index is 2.28. The molecule has 1 saturated heterocycles. The molecule has 1 fully saturated rings. The molecule has 0 bridgehead atoms. The van der Waals surface area contributed by atoms with Crippen LogP contribution in [0.5, 0.6) is 5.75 Å². The van der Waals surface area contributed by atoms with Crippen molar-refractivity contribution in [1.29, 1.82) is 0 Å². The van der Waals surface area contributed by atoms with Gasteiger partial charge in [0.05, 0.1) is 7.11 Å². The van der Waals surface area contributed by atoms with Crippen LogP contribution in [0.25, 0.3) is 0 Å². The predicted molar refractivity (Wildman–Crippen MR) is 78.5 cm³/mol. The lowest BCUT2D eigenvalue weighted by Gasteiger charge is -2.30. The maximum atomic E-state index is 12.6. The summed E-state index contributed by atoms with van der Waals surface area (Å²) < 4.78 is 33.1. The Morgan fingerprint density at radius 2 is 2.15 bits per heavy atom. The third-order valence-electron chi connectivity index (χ3n) is 3.68. The van der Waals surface area contributed by atoms with Crippen molar-refractivity contribution >= 4 is 10.0 Å². The summed E-state index contributed by atoms with van der Waals surface area (Å²) in [5.74, 6) is 0.375. The molecule has 20 heavy (non-hydrogen) atoms. The van der Waals surface area contributed by atoms with E-state index in [0.717, 1.165) is 24.9 Å². The van der Waals surface area contributed by atoms with Gasteiger partial charge in [-0.05, 0) is 50.9 Å². The molecular weight excluding hydrogens is 276 g/mol. The minimum absolute atomic E-state index is 0.0843. The van der Waals surface area contributed by atoms with E-state index in [4.69, 9.17) is 4.74 Å². The maximum absolute atomic E-state index is 12.6. The number of nitrogens with one attached hydrogen (secondary N) is 2. The lowest BCUT2D eigenvalue weighted by molar-refractivity contribution is 0.347. The summed E-state index contributed by atoms with van der Waals surface area (Å²) in [5.41, 5.74) is 0.890. The highest BCUT2D eigenvalue weighted by Gasteiger charge is 2.28. The standard InChI is InChI=1S/C14H22N2O3S/c1-10-6-7-13(19-3)14(9-10)20(17,18)16-12-5-4-8-15-11(12)2/h6-7,9,11-12,15-16H,4-5,8H2,1-3H3. The third-order valence-corrected chi connectivity index (χ3v) is 5.19. The number of hydrogen-bond acceptors (Lipinski definition) is 4. The second-order valence-corrected chi connectivity index (χ2v) is 6.95. The van der Waals surface area contributed by atoms with Gasteiger partial charge in [-0.15, -0.1) is 0 Å². The summed E-state index contributed by atoms with van der Waals surface area (Å²) in [5, 5.41) is 3.29. The average molecular weight is 298 g/mol. The van der Waals surface area contributed by atoms with Gasteiger partial charge in [0.25, 0.3) is 0 Å². The Morgan fingerprint density at radius 3 is 2.80 bits per heavy atom. The average Bonchev–Trinajstić information content (AvgIpc) is 2.41. The van der Waals surface area contributed by atoms with E-state index in [-0.39, 0.29) is 17.0 Å². The van der Waals surface area contributed by atoms with Gasteiger partial charge < -0.3 is 10.1 Å². The Kier molecular flexibility index (Phi) is 4.67. The topological polar surface area (TPSA) is 67.4 Å². The zero-order valence-corrected chi connectivity index (χ0v) is 13.0. The van der Waals surface area contributed by atoms with E-state index in [9.17, 15) is 8.42 Å². The Hall–Kier alpha value is -1.11. The van der Waals surface area contributed by atoms with Gasteiger partial charge in [-0.25, -0.2) is 13.1 Å². The van der Waals surface area contributed by atoms with Gasteiger partial charge in [0.1, 0.15) is 10.6 Å². The smallest absolute Gasteiger partial charge is 0.244 e. The van der Waals surface area contributed by atoms with E-state index in [1.165, 1.54) is 7.11 Å². The number of aryl methyl sites for hydroxylation is 1. The summed E-state index contributed by atoms with van der Waals surface area (Å²) in [6.07, 6.45) is 1.82. The van der Waals surface area contributed by atoms with E-state index >= 15 is 0 Å². The first-order valence-electron chi connectivity index (χ1n) is 6.84. The van der Waals surface area contributed by atoms with Gasteiger partial charge in [0, 0.05) is 12.1 Å². The molecule has 2 atom stereocenters. The van der Waals surface area contributed by atoms with Crippen molar-refractivity contribution in [2.45, 2.75) is 43.7 Å². The number of rotatable bonds is 4. The minimum atomic E-state index is -3.57. The molecule has 5 nitrogen and oxygen atoms in total. The van der Waals surface area contributed by atoms with Gasteiger partial charge in [-0.1, -0.05) is 6.07 Å². The van der Waals surface area contributed by atoms with E-state index in [1.807, 2.05) is 19.9 Å². The van der Waals surface area contributed by atoms with Crippen LogP contribution in [-0.2, 0) is 10.0 Å². The number of sulfonamides is 1. The monoisotopic (exact) mass is 298 g/mol. The highest BCUT2D eigenvalue weighted by molar-refractivity contribution is 7.89. The van der Waals surface area contributed by atoms with Gasteiger partial charge in [-0.3, -0.25) is 0 Å². The number of methoxy groups -OCH3 is 1.